The molecule has 2 aromatic rings. The van der Waals surface area contributed by atoms with Gasteiger partial charge in [0.25, 0.3) is 0 Å². The van der Waals surface area contributed by atoms with E-state index in [4.69, 9.17) is 4.74 Å². The van der Waals surface area contributed by atoms with Gasteiger partial charge in [0.1, 0.15) is 6.61 Å². The van der Waals surface area contributed by atoms with Crippen molar-refractivity contribution in [1.29, 1.82) is 0 Å². The van der Waals surface area contributed by atoms with E-state index in [0.29, 0.717) is 17.6 Å². The summed E-state index contributed by atoms with van der Waals surface area (Å²) in [5, 5.41) is 0. The van der Waals surface area contributed by atoms with E-state index >= 15 is 0 Å². The maximum Gasteiger partial charge on any atom is 0.167 e. The van der Waals surface area contributed by atoms with Gasteiger partial charge >= 0.3 is 0 Å². The molecule has 0 radical (unpaired) electrons. The molecule has 0 bridgehead atoms. The predicted molar refractivity (Wildman–Crippen MR) is 60.1 cm³/mol. The molecule has 0 amide bonds. The van der Waals surface area contributed by atoms with Crippen LogP contribution in [-0.4, -0.2) is 42.1 Å². The number of nitrogens with one attached hydrogen (secondary N) is 1. The van der Waals surface area contributed by atoms with Crippen LogP contribution in [0.4, 0.5) is 4.39 Å². The van der Waals surface area contributed by atoms with Crippen LogP contribution in [0, 0.1) is 5.82 Å². The molecule has 16 heavy (non-hydrogen) atoms. The molecule has 0 aliphatic carbocycles. The third-order valence-electron chi connectivity index (χ3n) is 2.27. The first-order chi connectivity index (χ1) is 7.66. The molecule has 86 valence electrons. The minimum absolute atomic E-state index is 0.251. The minimum atomic E-state index is -0.365. The molecule has 2 rings (SSSR count). The zero-order valence-electron chi connectivity index (χ0n) is 9.33. The van der Waals surface area contributed by atoms with E-state index in [9.17, 15) is 4.39 Å². The van der Waals surface area contributed by atoms with Crippen molar-refractivity contribution in [2.75, 3.05) is 27.2 Å². The van der Waals surface area contributed by atoms with Gasteiger partial charge in [-0.1, -0.05) is 0 Å². The highest BCUT2D eigenvalue weighted by Gasteiger charge is 2.07. The second-order valence-electron chi connectivity index (χ2n) is 3.85. The van der Waals surface area contributed by atoms with Crippen molar-refractivity contribution in [1.82, 2.24) is 14.9 Å². The third-order valence-corrected chi connectivity index (χ3v) is 2.27. The number of nitrogens with zero attached hydrogens (tertiary/aromatic N) is 2. The summed E-state index contributed by atoms with van der Waals surface area (Å²) in [6.45, 7) is 1.21. The highest BCUT2D eigenvalue weighted by Crippen LogP contribution is 2.22. The maximum absolute atomic E-state index is 13.5. The topological polar surface area (TPSA) is 41.1 Å². The Hall–Kier alpha value is -1.62. The molecule has 0 aliphatic rings. The van der Waals surface area contributed by atoms with E-state index in [1.165, 1.54) is 12.4 Å². The van der Waals surface area contributed by atoms with E-state index in [2.05, 4.69) is 9.97 Å². The lowest BCUT2D eigenvalue weighted by atomic mass is 10.3. The molecule has 1 heterocycles. The van der Waals surface area contributed by atoms with Crippen molar-refractivity contribution in [3.8, 4) is 5.75 Å². The monoisotopic (exact) mass is 223 g/mol. The van der Waals surface area contributed by atoms with Crippen LogP contribution in [0.1, 0.15) is 0 Å². The van der Waals surface area contributed by atoms with Gasteiger partial charge < -0.3 is 14.6 Å². The average Bonchev–Trinajstić information content (AvgIpc) is 2.64. The van der Waals surface area contributed by atoms with Crippen molar-refractivity contribution in [2.24, 2.45) is 0 Å². The first-order valence-corrected chi connectivity index (χ1v) is 5.07. The van der Waals surface area contributed by atoms with Crippen LogP contribution < -0.4 is 4.74 Å². The molecule has 5 heteroatoms. The molecule has 0 fully saturated rings. The van der Waals surface area contributed by atoms with Crippen LogP contribution in [0.25, 0.3) is 11.0 Å². The third kappa shape index (κ3) is 2.30. The van der Waals surface area contributed by atoms with E-state index < -0.39 is 0 Å². The Balaban J connectivity index is 2.13. The van der Waals surface area contributed by atoms with Gasteiger partial charge in [0.05, 0.1) is 17.4 Å². The molecule has 1 N–H and O–H groups in total. The van der Waals surface area contributed by atoms with Gasteiger partial charge in [-0.05, 0) is 14.1 Å². The smallest absolute Gasteiger partial charge is 0.167 e. The zero-order chi connectivity index (χ0) is 11.5. The lowest BCUT2D eigenvalue weighted by Gasteiger charge is -2.11. The number of ether oxygens (including phenoxy) is 1. The lowest BCUT2D eigenvalue weighted by Crippen LogP contribution is -2.19. The number of hydrogen-bond acceptors (Lipinski definition) is 3. The Morgan fingerprint density at radius 3 is 3.00 bits per heavy atom. The molecule has 0 aliphatic heterocycles. The summed E-state index contributed by atoms with van der Waals surface area (Å²) in [4.78, 5) is 8.88. The quantitative estimate of drug-likeness (QED) is 0.856. The van der Waals surface area contributed by atoms with Crippen molar-refractivity contribution in [2.45, 2.75) is 0 Å². The van der Waals surface area contributed by atoms with E-state index in [1.807, 2.05) is 19.0 Å². The second-order valence-corrected chi connectivity index (χ2v) is 3.85. The first-order valence-electron chi connectivity index (χ1n) is 5.07. The molecule has 1 aromatic heterocycles. The Labute approximate surface area is 93.0 Å². The van der Waals surface area contributed by atoms with E-state index in [-0.39, 0.29) is 11.6 Å². The van der Waals surface area contributed by atoms with Crippen molar-refractivity contribution < 1.29 is 9.13 Å². The number of halogens is 1. The van der Waals surface area contributed by atoms with Gasteiger partial charge in [0, 0.05) is 18.7 Å². The van der Waals surface area contributed by atoms with E-state index in [1.54, 1.807) is 6.07 Å². The number of hydrogen-bond donors (Lipinski definition) is 1. The van der Waals surface area contributed by atoms with Crippen molar-refractivity contribution in [3.05, 3.63) is 24.3 Å². The molecule has 0 saturated heterocycles. The fourth-order valence-electron chi connectivity index (χ4n) is 1.39. The Kier molecular flexibility index (Phi) is 3.05. The Bertz CT molecular complexity index is 481. The summed E-state index contributed by atoms with van der Waals surface area (Å²) >= 11 is 0. The highest BCUT2D eigenvalue weighted by molar-refractivity contribution is 5.76. The second kappa shape index (κ2) is 4.49. The fraction of sp³-hybridized carbons (Fsp3) is 0.364. The number of aromatic nitrogens is 2. The van der Waals surface area contributed by atoms with Gasteiger partial charge in [-0.25, -0.2) is 9.37 Å². The predicted octanol–water partition coefficient (Wildman–Crippen LogP) is 1.64. The van der Waals surface area contributed by atoms with Crippen LogP contribution in [0.15, 0.2) is 18.5 Å². The molecule has 4 nitrogen and oxygen atoms in total. The van der Waals surface area contributed by atoms with Gasteiger partial charge in [0.2, 0.25) is 0 Å². The standard InChI is InChI=1S/C11H14FN3O/c1-15(2)3-4-16-11-6-10-9(5-8(11)12)13-7-14-10/h5-7H,3-4H2,1-2H3,(H,13,14). The largest absolute Gasteiger partial charge is 0.489 e. The molecule has 1 aromatic carbocycles. The number of benzene rings is 1. The van der Waals surface area contributed by atoms with Crippen LogP contribution in [-0.2, 0) is 0 Å². The summed E-state index contributed by atoms with van der Waals surface area (Å²) in [5.74, 6) is -0.114. The Morgan fingerprint density at radius 2 is 2.25 bits per heavy atom. The fourth-order valence-corrected chi connectivity index (χ4v) is 1.39. The van der Waals surface area contributed by atoms with Crippen molar-refractivity contribution in [3.63, 3.8) is 0 Å². The number of rotatable bonds is 4. The first kappa shape index (κ1) is 10.9. The van der Waals surface area contributed by atoms with Gasteiger partial charge in [0.15, 0.2) is 11.6 Å². The van der Waals surface area contributed by atoms with Crippen LogP contribution in [0.5, 0.6) is 5.75 Å². The molecular weight excluding hydrogens is 209 g/mol. The summed E-state index contributed by atoms with van der Waals surface area (Å²) in [7, 11) is 3.88. The van der Waals surface area contributed by atoms with E-state index in [0.717, 1.165) is 6.54 Å². The number of aromatic amines is 1. The number of imidazole rings is 1. The summed E-state index contributed by atoms with van der Waals surface area (Å²) in [6, 6.07) is 3.00. The zero-order valence-corrected chi connectivity index (χ0v) is 9.33. The number of likely N-dealkylation sites (N-methyl/N-ethyl adjacent to an activating group) is 1. The SMILES string of the molecule is CN(C)CCOc1cc2nc[nH]c2cc1F. The number of H-pyrrole nitrogens is 1. The molecule has 0 atom stereocenters. The molecule has 0 spiro atoms. The summed E-state index contributed by atoms with van der Waals surface area (Å²) in [5.41, 5.74) is 1.39. The Morgan fingerprint density at radius 1 is 1.44 bits per heavy atom. The van der Waals surface area contributed by atoms with Crippen LogP contribution in [0.3, 0.4) is 0 Å². The molecular formula is C11H14FN3O. The molecule has 0 unspecified atom stereocenters. The number of fused-ring (bicyclic) bond motifs is 1. The van der Waals surface area contributed by atoms with Gasteiger partial charge in [-0.2, -0.15) is 0 Å². The average molecular weight is 223 g/mol. The molecule has 0 saturated carbocycles. The lowest BCUT2D eigenvalue weighted by molar-refractivity contribution is 0.252. The van der Waals surface area contributed by atoms with Gasteiger partial charge in [-0.3, -0.25) is 0 Å². The van der Waals surface area contributed by atoms with Crippen LogP contribution in [0.2, 0.25) is 0 Å². The maximum atomic E-state index is 13.5. The minimum Gasteiger partial charge on any atom is -0.489 e. The highest BCUT2D eigenvalue weighted by atomic mass is 19.1. The van der Waals surface area contributed by atoms with Crippen LogP contribution >= 0.6 is 0 Å². The van der Waals surface area contributed by atoms with Gasteiger partial charge in [-0.15, -0.1) is 0 Å². The summed E-state index contributed by atoms with van der Waals surface area (Å²) < 4.78 is 18.9. The summed E-state index contributed by atoms with van der Waals surface area (Å²) in [6.07, 6.45) is 1.54. The normalized spacial score (nSPS) is 11.2. The van der Waals surface area contributed by atoms with Crippen molar-refractivity contribution >= 4 is 11.0 Å².